The number of carbonyl (C=O) groups excluding carboxylic acids is 2. The van der Waals surface area contributed by atoms with Crippen LogP contribution in [0.15, 0.2) is 54.6 Å². The van der Waals surface area contributed by atoms with Crippen LogP contribution in [0.5, 0.6) is 0 Å². The standard InChI is InChI=1S/C25H32N4O2/c1-2-24(30)29-22-12-7-6-9-20(22)19-23(29)25(31)26-13-8-14-27-15-17-28(18-16-27)21-10-4-3-5-11-21/h3-7,9-12,23H,2,8,13-19H2,1H3,(H,26,31)/t23-/m1/s1. The number of rotatable bonds is 7. The highest BCUT2D eigenvalue weighted by molar-refractivity contribution is 6.03. The van der Waals surface area contributed by atoms with Crippen LogP contribution in [0.2, 0.25) is 0 Å². The van der Waals surface area contributed by atoms with Crippen molar-refractivity contribution in [2.24, 2.45) is 0 Å². The summed E-state index contributed by atoms with van der Waals surface area (Å²) in [6.45, 7) is 7.61. The molecule has 164 valence electrons. The topological polar surface area (TPSA) is 55.9 Å². The van der Waals surface area contributed by atoms with Gasteiger partial charge in [0.2, 0.25) is 11.8 Å². The molecule has 0 radical (unpaired) electrons. The Bertz CT molecular complexity index is 893. The molecular weight excluding hydrogens is 388 g/mol. The Kier molecular flexibility index (Phi) is 6.87. The van der Waals surface area contributed by atoms with Gasteiger partial charge in [-0.1, -0.05) is 43.3 Å². The maximum absolute atomic E-state index is 12.9. The van der Waals surface area contributed by atoms with Gasteiger partial charge in [-0.2, -0.15) is 0 Å². The van der Waals surface area contributed by atoms with Crippen molar-refractivity contribution in [1.82, 2.24) is 10.2 Å². The number of benzene rings is 2. The van der Waals surface area contributed by atoms with Crippen molar-refractivity contribution in [2.75, 3.05) is 49.1 Å². The second kappa shape index (κ2) is 9.96. The summed E-state index contributed by atoms with van der Waals surface area (Å²) in [6.07, 6.45) is 1.90. The number of amides is 2. The summed E-state index contributed by atoms with van der Waals surface area (Å²) in [5.41, 5.74) is 3.24. The van der Waals surface area contributed by atoms with Gasteiger partial charge < -0.3 is 10.2 Å². The van der Waals surface area contributed by atoms with Crippen LogP contribution in [0.25, 0.3) is 0 Å². The van der Waals surface area contributed by atoms with E-state index < -0.39 is 6.04 Å². The van der Waals surface area contributed by atoms with Gasteiger partial charge in [0.1, 0.15) is 6.04 Å². The van der Waals surface area contributed by atoms with Crippen LogP contribution in [0.3, 0.4) is 0 Å². The van der Waals surface area contributed by atoms with Gasteiger partial charge in [0.15, 0.2) is 0 Å². The fourth-order valence-corrected chi connectivity index (χ4v) is 4.57. The Morgan fingerprint density at radius 3 is 2.42 bits per heavy atom. The molecule has 2 aromatic rings. The van der Waals surface area contributed by atoms with E-state index in [0.717, 1.165) is 50.4 Å². The predicted octanol–water partition coefficient (Wildman–Crippen LogP) is 2.68. The molecule has 6 heteroatoms. The monoisotopic (exact) mass is 420 g/mol. The summed E-state index contributed by atoms with van der Waals surface area (Å²) in [5.74, 6) is -0.0479. The minimum absolute atomic E-state index is 0.00128. The van der Waals surface area contributed by atoms with Crippen molar-refractivity contribution >= 4 is 23.2 Å². The predicted molar refractivity (Wildman–Crippen MR) is 124 cm³/mol. The van der Waals surface area contributed by atoms with Crippen molar-refractivity contribution in [3.05, 3.63) is 60.2 Å². The molecule has 0 aromatic heterocycles. The average molecular weight is 421 g/mol. The van der Waals surface area contributed by atoms with Crippen LogP contribution in [0, 0.1) is 0 Å². The van der Waals surface area contributed by atoms with Gasteiger partial charge in [-0.15, -0.1) is 0 Å². The quantitative estimate of drug-likeness (QED) is 0.700. The van der Waals surface area contributed by atoms with E-state index in [1.54, 1.807) is 4.90 Å². The lowest BCUT2D eigenvalue weighted by atomic mass is 10.1. The molecule has 0 unspecified atom stereocenters. The fourth-order valence-electron chi connectivity index (χ4n) is 4.57. The number of para-hydroxylation sites is 2. The average Bonchev–Trinajstić information content (AvgIpc) is 3.22. The highest BCUT2D eigenvalue weighted by Crippen LogP contribution is 2.32. The summed E-state index contributed by atoms with van der Waals surface area (Å²) in [4.78, 5) is 31.9. The molecule has 2 heterocycles. The van der Waals surface area contributed by atoms with Crippen LogP contribution >= 0.6 is 0 Å². The van der Waals surface area contributed by atoms with Crippen LogP contribution < -0.4 is 15.1 Å². The molecule has 1 saturated heterocycles. The number of hydrogen-bond acceptors (Lipinski definition) is 4. The number of nitrogens with zero attached hydrogens (tertiary/aromatic N) is 3. The van der Waals surface area contributed by atoms with Crippen molar-refractivity contribution in [2.45, 2.75) is 32.2 Å². The van der Waals surface area contributed by atoms with Crippen LogP contribution in [-0.4, -0.2) is 62.0 Å². The van der Waals surface area contributed by atoms with E-state index in [1.165, 1.54) is 5.69 Å². The molecule has 0 spiro atoms. The maximum Gasteiger partial charge on any atom is 0.243 e. The first kappa shape index (κ1) is 21.4. The third-order valence-electron chi connectivity index (χ3n) is 6.29. The highest BCUT2D eigenvalue weighted by atomic mass is 16.2. The summed E-state index contributed by atoms with van der Waals surface area (Å²) < 4.78 is 0. The Labute approximate surface area is 184 Å². The molecule has 2 aliphatic rings. The Hall–Kier alpha value is -2.86. The molecule has 1 fully saturated rings. The number of hydrogen-bond donors (Lipinski definition) is 1. The summed E-state index contributed by atoms with van der Waals surface area (Å²) in [6, 6.07) is 18.0. The lowest BCUT2D eigenvalue weighted by Crippen LogP contribution is -2.49. The van der Waals surface area contributed by atoms with Gasteiger partial charge in [-0.05, 0) is 36.7 Å². The summed E-state index contributed by atoms with van der Waals surface area (Å²) in [5, 5.41) is 3.07. The van der Waals surface area contributed by atoms with Crippen molar-refractivity contribution in [3.8, 4) is 0 Å². The zero-order valence-electron chi connectivity index (χ0n) is 18.3. The molecule has 4 rings (SSSR count). The third kappa shape index (κ3) is 4.90. The molecule has 1 N–H and O–H groups in total. The second-order valence-electron chi connectivity index (χ2n) is 8.27. The zero-order chi connectivity index (χ0) is 21.6. The summed E-state index contributed by atoms with van der Waals surface area (Å²) >= 11 is 0. The Morgan fingerprint density at radius 1 is 0.968 bits per heavy atom. The van der Waals surface area contributed by atoms with Gasteiger partial charge in [0.05, 0.1) is 0 Å². The first-order chi connectivity index (χ1) is 15.2. The molecule has 2 amide bonds. The van der Waals surface area contributed by atoms with Crippen LogP contribution in [0.1, 0.15) is 25.3 Å². The lowest BCUT2D eigenvalue weighted by molar-refractivity contribution is -0.126. The van der Waals surface area contributed by atoms with E-state index >= 15 is 0 Å². The van der Waals surface area contributed by atoms with Gasteiger partial charge in [0, 0.05) is 56.9 Å². The molecule has 0 saturated carbocycles. The molecule has 0 aliphatic carbocycles. The number of carbonyl (C=O) groups is 2. The Morgan fingerprint density at radius 2 is 1.68 bits per heavy atom. The number of anilines is 2. The largest absolute Gasteiger partial charge is 0.369 e. The van der Waals surface area contributed by atoms with E-state index in [1.807, 2.05) is 31.2 Å². The molecule has 2 aromatic carbocycles. The van der Waals surface area contributed by atoms with Crippen LogP contribution in [0.4, 0.5) is 11.4 Å². The zero-order valence-corrected chi connectivity index (χ0v) is 18.3. The third-order valence-corrected chi connectivity index (χ3v) is 6.29. The van der Waals surface area contributed by atoms with E-state index in [-0.39, 0.29) is 11.8 Å². The highest BCUT2D eigenvalue weighted by Gasteiger charge is 2.37. The van der Waals surface area contributed by atoms with E-state index in [9.17, 15) is 9.59 Å². The fraction of sp³-hybridized carbons (Fsp3) is 0.440. The molecule has 6 nitrogen and oxygen atoms in total. The smallest absolute Gasteiger partial charge is 0.243 e. The Balaban J connectivity index is 1.22. The van der Waals surface area contributed by atoms with E-state index in [4.69, 9.17) is 0 Å². The molecular formula is C25H32N4O2. The lowest BCUT2D eigenvalue weighted by Gasteiger charge is -2.36. The minimum Gasteiger partial charge on any atom is -0.369 e. The minimum atomic E-state index is -0.431. The van der Waals surface area contributed by atoms with Gasteiger partial charge >= 0.3 is 0 Å². The van der Waals surface area contributed by atoms with Gasteiger partial charge in [-0.3, -0.25) is 19.4 Å². The first-order valence-corrected chi connectivity index (χ1v) is 11.4. The first-order valence-electron chi connectivity index (χ1n) is 11.4. The molecule has 31 heavy (non-hydrogen) atoms. The van der Waals surface area contributed by atoms with Crippen LogP contribution in [-0.2, 0) is 16.0 Å². The van der Waals surface area contributed by atoms with Gasteiger partial charge in [0.25, 0.3) is 0 Å². The second-order valence-corrected chi connectivity index (χ2v) is 8.27. The molecule has 0 bridgehead atoms. The normalized spacial score (nSPS) is 18.7. The number of fused-ring (bicyclic) bond motifs is 1. The van der Waals surface area contributed by atoms with Crippen molar-refractivity contribution in [1.29, 1.82) is 0 Å². The van der Waals surface area contributed by atoms with Crippen molar-refractivity contribution < 1.29 is 9.59 Å². The van der Waals surface area contributed by atoms with Crippen molar-refractivity contribution in [3.63, 3.8) is 0 Å². The number of piperazine rings is 1. The van der Waals surface area contributed by atoms with E-state index in [0.29, 0.717) is 19.4 Å². The SMILES string of the molecule is CCC(=O)N1c2ccccc2C[C@@H]1C(=O)NCCCN1CCN(c2ccccc2)CC1. The van der Waals surface area contributed by atoms with E-state index in [2.05, 4.69) is 45.4 Å². The number of nitrogens with one attached hydrogen (secondary N) is 1. The summed E-state index contributed by atoms with van der Waals surface area (Å²) in [7, 11) is 0. The van der Waals surface area contributed by atoms with Gasteiger partial charge in [-0.25, -0.2) is 0 Å². The maximum atomic E-state index is 12.9. The molecule has 1 atom stereocenters. The molecule has 2 aliphatic heterocycles.